The second-order valence-electron chi connectivity index (χ2n) is 6.19. The van der Waals surface area contributed by atoms with E-state index < -0.39 is 11.9 Å². The number of aromatic nitrogens is 2. The van der Waals surface area contributed by atoms with Crippen LogP contribution in [-0.2, 0) is 11.9 Å². The van der Waals surface area contributed by atoms with Crippen LogP contribution < -0.4 is 0 Å². The van der Waals surface area contributed by atoms with Crippen LogP contribution in [0.4, 0.5) is 0 Å². The molecular weight excluding hydrogens is 184 g/mol. The Hall–Kier alpha value is -0.790. The molecule has 0 unspecified atom stereocenters. The monoisotopic (exact) mass is 210 g/mol. The van der Waals surface area contributed by atoms with Crippen molar-refractivity contribution in [1.82, 2.24) is 9.55 Å². The molecule has 2 nitrogen and oxygen atoms in total. The first-order chi connectivity index (χ1) is 7.37. The van der Waals surface area contributed by atoms with Gasteiger partial charge in [-0.1, -0.05) is 41.5 Å². The Morgan fingerprint density at radius 3 is 2.20 bits per heavy atom. The van der Waals surface area contributed by atoms with Gasteiger partial charge in [0, 0.05) is 18.1 Å². The van der Waals surface area contributed by atoms with Gasteiger partial charge in [0.1, 0.15) is 5.82 Å². The van der Waals surface area contributed by atoms with Crippen LogP contribution >= 0.6 is 0 Å². The molecule has 0 aliphatic carbocycles. The first kappa shape index (κ1) is 9.44. The Kier molecular flexibility index (Phi) is 2.30. The van der Waals surface area contributed by atoms with Crippen LogP contribution in [0.25, 0.3) is 0 Å². The van der Waals surface area contributed by atoms with E-state index in [9.17, 15) is 0 Å². The zero-order chi connectivity index (χ0) is 13.6. The molecule has 0 fully saturated rings. The van der Waals surface area contributed by atoms with Crippen molar-refractivity contribution in [2.45, 2.75) is 60.4 Å². The molecule has 0 atom stereocenters. The number of aryl methyl sites for hydroxylation is 1. The van der Waals surface area contributed by atoms with E-state index in [0.29, 0.717) is 0 Å². The van der Waals surface area contributed by atoms with Gasteiger partial charge in [-0.2, -0.15) is 0 Å². The van der Waals surface area contributed by atoms with Gasteiger partial charge in [-0.05, 0) is 12.3 Å². The molecule has 0 amide bonds. The van der Waals surface area contributed by atoms with Crippen LogP contribution in [0.3, 0.4) is 0 Å². The molecule has 1 rings (SSSR count). The molecule has 2 heteroatoms. The van der Waals surface area contributed by atoms with E-state index in [1.165, 1.54) is 0 Å². The summed E-state index contributed by atoms with van der Waals surface area (Å²) in [5.41, 5.74) is 0.232. The summed E-state index contributed by atoms with van der Waals surface area (Å²) >= 11 is 0. The molecule has 1 aromatic rings. The molecule has 0 saturated carbocycles. The Balaban J connectivity index is 3.42. The second kappa shape index (κ2) is 3.66. The lowest BCUT2D eigenvalue weighted by Gasteiger charge is -2.25. The lowest BCUT2D eigenvalue weighted by molar-refractivity contribution is 0.327. The van der Waals surface area contributed by atoms with E-state index in [0.717, 1.165) is 11.5 Å². The van der Waals surface area contributed by atoms with E-state index in [1.54, 1.807) is 4.57 Å². The maximum Gasteiger partial charge on any atom is 0.114 e. The summed E-state index contributed by atoms with van der Waals surface area (Å²) in [6, 6.07) is 0. The molecule has 15 heavy (non-hydrogen) atoms. The van der Waals surface area contributed by atoms with Crippen LogP contribution in [0, 0.1) is 12.3 Å². The lowest BCUT2D eigenvalue weighted by Crippen LogP contribution is -2.23. The minimum atomic E-state index is -1.45. The average Bonchev–Trinajstić information content (AvgIpc) is 2.44. The van der Waals surface area contributed by atoms with Crippen molar-refractivity contribution in [3.63, 3.8) is 0 Å². The summed E-state index contributed by atoms with van der Waals surface area (Å²) in [5, 5.41) is 0. The molecule has 0 spiro atoms. The van der Waals surface area contributed by atoms with Crippen LogP contribution in [0.5, 0.6) is 0 Å². The topological polar surface area (TPSA) is 17.8 Å². The number of imidazole rings is 1. The Bertz CT molecular complexity index is 406. The van der Waals surface area contributed by atoms with Crippen molar-refractivity contribution in [3.05, 3.63) is 17.7 Å². The standard InChI is InChI=1S/C13H24N2/c1-10-8-15(9-12(2,3)4)11(14-10)13(5,6)7/h8H,9H2,1-7H3/i9D2. The molecule has 0 saturated heterocycles. The normalized spacial score (nSPS) is 16.2. The number of hydrogen-bond donors (Lipinski definition) is 0. The molecular formula is C13H24N2. The van der Waals surface area contributed by atoms with Crippen molar-refractivity contribution in [3.8, 4) is 0 Å². The maximum absolute atomic E-state index is 8.34. The van der Waals surface area contributed by atoms with E-state index >= 15 is 0 Å². The highest BCUT2D eigenvalue weighted by Crippen LogP contribution is 2.25. The van der Waals surface area contributed by atoms with E-state index in [-0.39, 0.29) is 5.41 Å². The molecule has 0 aliphatic rings. The van der Waals surface area contributed by atoms with Gasteiger partial charge in [-0.3, -0.25) is 0 Å². The first-order valence-electron chi connectivity index (χ1n) is 6.44. The second-order valence-corrected chi connectivity index (χ2v) is 6.19. The van der Waals surface area contributed by atoms with Crippen LogP contribution in [0.15, 0.2) is 6.20 Å². The van der Waals surface area contributed by atoms with Gasteiger partial charge >= 0.3 is 0 Å². The van der Waals surface area contributed by atoms with E-state index in [1.807, 2.05) is 33.9 Å². The predicted octanol–water partition coefficient (Wildman–Crippen LogP) is 3.54. The first-order valence-corrected chi connectivity index (χ1v) is 5.44. The fourth-order valence-corrected chi connectivity index (χ4v) is 1.47. The number of rotatable bonds is 1. The average molecular weight is 210 g/mol. The fraction of sp³-hybridized carbons (Fsp3) is 0.769. The van der Waals surface area contributed by atoms with Gasteiger partial charge in [-0.15, -0.1) is 0 Å². The molecule has 0 N–H and O–H groups in total. The third-order valence-corrected chi connectivity index (χ3v) is 1.95. The number of hydrogen-bond acceptors (Lipinski definition) is 1. The largest absolute Gasteiger partial charge is 0.334 e. The Labute approximate surface area is 96.5 Å². The third kappa shape index (κ3) is 3.37. The molecule has 1 heterocycles. The maximum atomic E-state index is 8.34. The highest BCUT2D eigenvalue weighted by molar-refractivity contribution is 5.10. The zero-order valence-electron chi connectivity index (χ0n) is 13.0. The SMILES string of the molecule is [2H]C([2H])(n1cc(C)nc1C(C)(C)C)C(C)(C)C. The molecule has 1 aromatic heterocycles. The van der Waals surface area contributed by atoms with Crippen LogP contribution in [-0.4, -0.2) is 9.55 Å². The quantitative estimate of drug-likeness (QED) is 0.693. The lowest BCUT2D eigenvalue weighted by atomic mass is 9.93. The van der Waals surface area contributed by atoms with Crippen molar-refractivity contribution in [2.75, 3.05) is 0 Å². The van der Waals surface area contributed by atoms with Crippen molar-refractivity contribution < 1.29 is 2.74 Å². The van der Waals surface area contributed by atoms with Gasteiger partial charge in [0.2, 0.25) is 0 Å². The summed E-state index contributed by atoms with van der Waals surface area (Å²) in [7, 11) is 0. The zero-order valence-corrected chi connectivity index (χ0v) is 11.0. The van der Waals surface area contributed by atoms with E-state index in [2.05, 4.69) is 25.8 Å². The van der Waals surface area contributed by atoms with Gasteiger partial charge in [-0.25, -0.2) is 4.98 Å². The smallest absolute Gasteiger partial charge is 0.114 e. The highest BCUT2D eigenvalue weighted by Gasteiger charge is 2.23. The minimum absolute atomic E-state index is 0.160. The van der Waals surface area contributed by atoms with Crippen LogP contribution in [0.2, 0.25) is 0 Å². The number of nitrogens with zero attached hydrogens (tertiary/aromatic N) is 2. The summed E-state index contributed by atoms with van der Waals surface area (Å²) in [4.78, 5) is 4.48. The van der Waals surface area contributed by atoms with Crippen molar-refractivity contribution in [1.29, 1.82) is 0 Å². The summed E-state index contributed by atoms with van der Waals surface area (Å²) in [5.74, 6) is 0.801. The van der Waals surface area contributed by atoms with Gasteiger partial charge in [0.05, 0.1) is 8.44 Å². The van der Waals surface area contributed by atoms with Gasteiger partial charge in [0.25, 0.3) is 0 Å². The minimum Gasteiger partial charge on any atom is -0.334 e. The van der Waals surface area contributed by atoms with Crippen molar-refractivity contribution >= 4 is 0 Å². The highest BCUT2D eigenvalue weighted by atomic mass is 15.1. The van der Waals surface area contributed by atoms with E-state index in [4.69, 9.17) is 2.74 Å². The van der Waals surface area contributed by atoms with Crippen LogP contribution in [0.1, 0.15) is 55.8 Å². The molecule has 86 valence electrons. The molecule has 0 aliphatic heterocycles. The fourth-order valence-electron chi connectivity index (χ4n) is 1.47. The van der Waals surface area contributed by atoms with Gasteiger partial charge in [0.15, 0.2) is 0 Å². The summed E-state index contributed by atoms with van der Waals surface area (Å²) in [6.07, 6.45) is 1.81. The third-order valence-electron chi connectivity index (χ3n) is 1.95. The summed E-state index contributed by atoms with van der Waals surface area (Å²) < 4.78 is 18.4. The Morgan fingerprint density at radius 1 is 1.27 bits per heavy atom. The van der Waals surface area contributed by atoms with Crippen molar-refractivity contribution in [2.24, 2.45) is 5.41 Å². The Morgan fingerprint density at radius 2 is 1.80 bits per heavy atom. The predicted molar refractivity (Wildman–Crippen MR) is 65.1 cm³/mol. The molecule has 0 radical (unpaired) electrons. The molecule has 0 bridgehead atoms. The molecule has 0 aromatic carbocycles. The van der Waals surface area contributed by atoms with Gasteiger partial charge < -0.3 is 4.57 Å². The summed E-state index contributed by atoms with van der Waals surface area (Å²) in [6.45, 7) is 12.4.